The van der Waals surface area contributed by atoms with E-state index in [2.05, 4.69) is 41.4 Å². The minimum absolute atomic E-state index is 0.0840. The van der Waals surface area contributed by atoms with Crippen molar-refractivity contribution in [3.05, 3.63) is 64.7 Å². The second kappa shape index (κ2) is 8.33. The highest BCUT2D eigenvalue weighted by atomic mass is 16.5. The van der Waals surface area contributed by atoms with E-state index in [0.29, 0.717) is 18.0 Å². The first kappa shape index (κ1) is 19.0. The van der Waals surface area contributed by atoms with E-state index >= 15 is 0 Å². The van der Waals surface area contributed by atoms with Crippen molar-refractivity contribution in [2.45, 2.75) is 39.0 Å². The number of hydrogen-bond donors (Lipinski definition) is 1. The Kier molecular flexibility index (Phi) is 5.64. The van der Waals surface area contributed by atoms with Gasteiger partial charge in [-0.1, -0.05) is 43.3 Å². The predicted octanol–water partition coefficient (Wildman–Crippen LogP) is 3.33. The van der Waals surface area contributed by atoms with Crippen molar-refractivity contribution in [2.75, 3.05) is 26.3 Å². The third kappa shape index (κ3) is 3.91. The maximum Gasteiger partial charge on any atom is 0.255 e. The van der Waals surface area contributed by atoms with Gasteiger partial charge in [0.1, 0.15) is 11.9 Å². The molecule has 5 nitrogen and oxygen atoms in total. The fourth-order valence-corrected chi connectivity index (χ4v) is 3.92. The van der Waals surface area contributed by atoms with Crippen LogP contribution in [-0.4, -0.2) is 43.2 Å². The van der Waals surface area contributed by atoms with Crippen molar-refractivity contribution in [3.8, 4) is 5.75 Å². The Balaban J connectivity index is 1.45. The summed E-state index contributed by atoms with van der Waals surface area (Å²) in [6, 6.07) is 14.2. The van der Waals surface area contributed by atoms with E-state index in [1.54, 1.807) is 0 Å². The minimum atomic E-state index is -0.0840. The highest BCUT2D eigenvalue weighted by Crippen LogP contribution is 2.40. The molecule has 0 saturated carbocycles. The fourth-order valence-electron chi connectivity index (χ4n) is 3.92. The van der Waals surface area contributed by atoms with E-state index in [-0.39, 0.29) is 12.0 Å². The van der Waals surface area contributed by atoms with Crippen LogP contribution in [0.3, 0.4) is 0 Å². The summed E-state index contributed by atoms with van der Waals surface area (Å²) in [6.07, 6.45) is 0.0956. The van der Waals surface area contributed by atoms with Crippen molar-refractivity contribution in [1.82, 2.24) is 10.2 Å². The number of rotatable bonds is 5. The lowest BCUT2D eigenvalue weighted by Crippen LogP contribution is -2.36. The van der Waals surface area contributed by atoms with E-state index in [1.807, 2.05) is 25.1 Å². The van der Waals surface area contributed by atoms with Crippen LogP contribution in [0.25, 0.3) is 0 Å². The number of carbonyl (C=O) groups excluding carboxylic acids is 1. The van der Waals surface area contributed by atoms with Gasteiger partial charge in [0, 0.05) is 37.7 Å². The average molecular weight is 380 g/mol. The lowest BCUT2D eigenvalue weighted by atomic mass is 9.97. The van der Waals surface area contributed by atoms with E-state index in [0.717, 1.165) is 49.7 Å². The molecule has 0 bridgehead atoms. The van der Waals surface area contributed by atoms with Crippen molar-refractivity contribution < 1.29 is 14.3 Å². The summed E-state index contributed by atoms with van der Waals surface area (Å²) < 4.78 is 11.4. The number of nitrogens with one attached hydrogen (secondary N) is 1. The van der Waals surface area contributed by atoms with Gasteiger partial charge in [-0.15, -0.1) is 0 Å². The molecule has 0 unspecified atom stereocenters. The first-order valence-corrected chi connectivity index (χ1v) is 10.1. The van der Waals surface area contributed by atoms with Crippen LogP contribution in [0.5, 0.6) is 5.75 Å². The maximum atomic E-state index is 12.9. The summed E-state index contributed by atoms with van der Waals surface area (Å²) in [5, 5.41) is 3.09. The van der Waals surface area contributed by atoms with Gasteiger partial charge in [0.05, 0.1) is 18.8 Å². The first-order valence-electron chi connectivity index (χ1n) is 10.1. The van der Waals surface area contributed by atoms with Crippen molar-refractivity contribution >= 4 is 5.91 Å². The van der Waals surface area contributed by atoms with Crippen molar-refractivity contribution in [2.24, 2.45) is 0 Å². The lowest BCUT2D eigenvalue weighted by Gasteiger charge is -2.27. The molecule has 0 aliphatic carbocycles. The first-order chi connectivity index (χ1) is 13.6. The van der Waals surface area contributed by atoms with Crippen LogP contribution in [-0.2, 0) is 17.8 Å². The van der Waals surface area contributed by atoms with Crippen LogP contribution in [0.2, 0.25) is 0 Å². The number of benzene rings is 2. The summed E-state index contributed by atoms with van der Waals surface area (Å²) in [6.45, 7) is 9.05. The Hall–Kier alpha value is -2.37. The molecule has 2 aromatic carbocycles. The number of para-hydroxylation sites is 1. The Labute approximate surface area is 166 Å². The van der Waals surface area contributed by atoms with Gasteiger partial charge < -0.3 is 14.8 Å². The van der Waals surface area contributed by atoms with Gasteiger partial charge in [0.15, 0.2) is 0 Å². The van der Waals surface area contributed by atoms with Crippen LogP contribution in [0.1, 0.15) is 46.8 Å². The number of morpholine rings is 1. The molecule has 2 aromatic rings. The Morgan fingerprint density at radius 1 is 1.07 bits per heavy atom. The zero-order chi connectivity index (χ0) is 19.5. The summed E-state index contributed by atoms with van der Waals surface area (Å²) in [5.41, 5.74) is 4.14. The number of amides is 1. The largest absolute Gasteiger partial charge is 0.489 e. The summed E-state index contributed by atoms with van der Waals surface area (Å²) >= 11 is 0. The van der Waals surface area contributed by atoms with Crippen molar-refractivity contribution in [1.29, 1.82) is 0 Å². The molecule has 148 valence electrons. The van der Waals surface area contributed by atoms with Gasteiger partial charge >= 0.3 is 0 Å². The molecule has 0 aromatic heterocycles. The molecule has 28 heavy (non-hydrogen) atoms. The molecule has 1 saturated heterocycles. The topological polar surface area (TPSA) is 50.8 Å². The van der Waals surface area contributed by atoms with Crippen LogP contribution >= 0.6 is 0 Å². The van der Waals surface area contributed by atoms with Crippen LogP contribution in [0, 0.1) is 0 Å². The standard InChI is InChI=1S/C23H28N2O3/c1-16-17(2)28-22-20(16)8-5-9-21(22)23(26)24-14-18-6-3-4-7-19(18)15-25-10-12-27-13-11-25/h3-9,16-17H,10-15H2,1-2H3,(H,24,26)/t16-,17+/m0/s1. The fraction of sp³-hybridized carbons (Fsp3) is 0.435. The van der Waals surface area contributed by atoms with Gasteiger partial charge in [0.2, 0.25) is 0 Å². The number of fused-ring (bicyclic) bond motifs is 1. The third-order valence-electron chi connectivity index (χ3n) is 5.84. The van der Waals surface area contributed by atoms with Crippen LogP contribution in [0.15, 0.2) is 42.5 Å². The van der Waals surface area contributed by atoms with Gasteiger partial charge in [-0.05, 0) is 24.1 Å². The zero-order valence-corrected chi connectivity index (χ0v) is 16.6. The summed E-state index contributed by atoms with van der Waals surface area (Å²) in [7, 11) is 0. The zero-order valence-electron chi connectivity index (χ0n) is 16.6. The number of nitrogens with zero attached hydrogens (tertiary/aromatic N) is 1. The molecule has 5 heteroatoms. The van der Waals surface area contributed by atoms with Crippen LogP contribution in [0.4, 0.5) is 0 Å². The predicted molar refractivity (Wildman–Crippen MR) is 109 cm³/mol. The molecular formula is C23H28N2O3. The molecule has 1 N–H and O–H groups in total. The van der Waals surface area contributed by atoms with E-state index in [9.17, 15) is 4.79 Å². The molecule has 0 spiro atoms. The molecule has 4 rings (SSSR count). The molecular weight excluding hydrogens is 352 g/mol. The summed E-state index contributed by atoms with van der Waals surface area (Å²) in [4.78, 5) is 15.3. The molecule has 2 heterocycles. The van der Waals surface area contributed by atoms with Crippen LogP contribution < -0.4 is 10.1 Å². The molecule has 1 fully saturated rings. The highest BCUT2D eigenvalue weighted by molar-refractivity contribution is 5.97. The average Bonchev–Trinajstić information content (AvgIpc) is 3.02. The summed E-state index contributed by atoms with van der Waals surface area (Å²) in [5.74, 6) is 0.956. The lowest BCUT2D eigenvalue weighted by molar-refractivity contribution is 0.0340. The van der Waals surface area contributed by atoms with E-state index in [1.165, 1.54) is 5.56 Å². The Morgan fingerprint density at radius 2 is 1.82 bits per heavy atom. The molecule has 1 amide bonds. The Morgan fingerprint density at radius 3 is 2.61 bits per heavy atom. The number of ether oxygens (including phenoxy) is 2. The maximum absolute atomic E-state index is 12.9. The molecule has 0 radical (unpaired) electrons. The van der Waals surface area contributed by atoms with Gasteiger partial charge in [-0.2, -0.15) is 0 Å². The van der Waals surface area contributed by atoms with E-state index in [4.69, 9.17) is 9.47 Å². The number of hydrogen-bond acceptors (Lipinski definition) is 4. The smallest absolute Gasteiger partial charge is 0.255 e. The van der Waals surface area contributed by atoms with Gasteiger partial charge in [-0.25, -0.2) is 0 Å². The molecule has 2 aliphatic heterocycles. The van der Waals surface area contributed by atoms with Gasteiger partial charge in [0.25, 0.3) is 5.91 Å². The molecule has 2 atom stereocenters. The minimum Gasteiger partial charge on any atom is -0.489 e. The monoisotopic (exact) mass is 380 g/mol. The van der Waals surface area contributed by atoms with Gasteiger partial charge in [-0.3, -0.25) is 9.69 Å². The van der Waals surface area contributed by atoms with Crippen molar-refractivity contribution in [3.63, 3.8) is 0 Å². The Bertz CT molecular complexity index is 845. The molecule has 2 aliphatic rings. The third-order valence-corrected chi connectivity index (χ3v) is 5.84. The highest BCUT2D eigenvalue weighted by Gasteiger charge is 2.31. The second-order valence-electron chi connectivity index (χ2n) is 7.68. The SMILES string of the molecule is C[C@@H]1c2cccc(C(=O)NCc3ccccc3CN3CCOCC3)c2O[C@@H]1C. The quantitative estimate of drug-likeness (QED) is 0.864. The van der Waals surface area contributed by atoms with E-state index < -0.39 is 0 Å². The second-order valence-corrected chi connectivity index (χ2v) is 7.68. The number of carbonyl (C=O) groups is 1. The normalized spacial score (nSPS) is 21.8.